The van der Waals surface area contributed by atoms with Crippen LogP contribution in [0, 0.1) is 0 Å². The van der Waals surface area contributed by atoms with Gasteiger partial charge in [0.25, 0.3) is 0 Å². The lowest BCUT2D eigenvalue weighted by atomic mass is 9.93. The number of nitrogens with one attached hydrogen (secondary N) is 1. The van der Waals surface area contributed by atoms with E-state index in [4.69, 9.17) is 9.47 Å². The molecule has 0 bridgehead atoms. The summed E-state index contributed by atoms with van der Waals surface area (Å²) in [6.07, 6.45) is 3.29. The van der Waals surface area contributed by atoms with Crippen molar-refractivity contribution in [1.29, 1.82) is 0 Å². The van der Waals surface area contributed by atoms with E-state index in [9.17, 15) is 9.90 Å². The maximum Gasteiger partial charge on any atom is 0.410 e. The molecule has 1 aliphatic carbocycles. The minimum atomic E-state index is -0.280. The maximum atomic E-state index is 12.3. The zero-order chi connectivity index (χ0) is 17.5. The monoisotopic (exact) mass is 348 g/mol. The molecule has 0 spiro atoms. The van der Waals surface area contributed by atoms with E-state index in [0.717, 1.165) is 37.8 Å². The van der Waals surface area contributed by atoms with E-state index in [1.165, 1.54) is 0 Å². The SMILES string of the molecule is O=C(OCc1ccccc1)N1CCOC(CNC2CCC(O)CC2)C1. The van der Waals surface area contributed by atoms with E-state index < -0.39 is 0 Å². The number of amides is 1. The van der Waals surface area contributed by atoms with Crippen molar-refractivity contribution in [2.45, 2.75) is 50.5 Å². The van der Waals surface area contributed by atoms with Crippen molar-refractivity contribution < 1.29 is 19.4 Å². The number of carbonyl (C=O) groups excluding carboxylic acids is 1. The molecule has 6 nitrogen and oxygen atoms in total. The van der Waals surface area contributed by atoms with Crippen LogP contribution in [-0.2, 0) is 16.1 Å². The molecule has 6 heteroatoms. The predicted octanol–water partition coefficient (Wildman–Crippen LogP) is 1.92. The number of hydrogen-bond acceptors (Lipinski definition) is 5. The van der Waals surface area contributed by atoms with E-state index >= 15 is 0 Å². The summed E-state index contributed by atoms with van der Waals surface area (Å²) in [7, 11) is 0. The number of aliphatic hydroxyl groups is 1. The van der Waals surface area contributed by atoms with Crippen LogP contribution in [0.3, 0.4) is 0 Å². The molecule has 1 saturated carbocycles. The molecule has 0 aromatic heterocycles. The smallest absolute Gasteiger partial charge is 0.410 e. The average Bonchev–Trinajstić information content (AvgIpc) is 2.67. The molecule has 1 atom stereocenters. The molecule has 2 N–H and O–H groups in total. The summed E-state index contributed by atoms with van der Waals surface area (Å²) in [5.41, 5.74) is 0.988. The van der Waals surface area contributed by atoms with Crippen molar-refractivity contribution in [1.82, 2.24) is 10.2 Å². The van der Waals surface area contributed by atoms with Crippen LogP contribution in [-0.4, -0.2) is 60.6 Å². The van der Waals surface area contributed by atoms with Gasteiger partial charge in [0.2, 0.25) is 0 Å². The zero-order valence-electron chi connectivity index (χ0n) is 14.6. The molecule has 1 aromatic rings. The van der Waals surface area contributed by atoms with Gasteiger partial charge in [-0.25, -0.2) is 4.79 Å². The number of carbonyl (C=O) groups is 1. The Kier molecular flexibility index (Phi) is 6.67. The molecule has 1 aromatic carbocycles. The van der Waals surface area contributed by atoms with Gasteiger partial charge >= 0.3 is 6.09 Å². The summed E-state index contributed by atoms with van der Waals surface area (Å²) in [5, 5.41) is 13.1. The van der Waals surface area contributed by atoms with Crippen LogP contribution in [0.25, 0.3) is 0 Å². The summed E-state index contributed by atoms with van der Waals surface area (Å²) in [6, 6.07) is 10.1. The first-order valence-corrected chi connectivity index (χ1v) is 9.19. The van der Waals surface area contributed by atoms with Crippen LogP contribution in [0.1, 0.15) is 31.2 Å². The fourth-order valence-corrected chi connectivity index (χ4v) is 3.40. The van der Waals surface area contributed by atoms with Crippen molar-refractivity contribution in [2.24, 2.45) is 0 Å². The molecule has 3 rings (SSSR count). The number of nitrogens with zero attached hydrogens (tertiary/aromatic N) is 1. The standard InChI is InChI=1S/C19H28N2O4/c22-17-8-6-16(7-9-17)20-12-18-13-21(10-11-24-18)19(23)25-14-15-4-2-1-3-5-15/h1-5,16-18,20,22H,6-14H2. The van der Waals surface area contributed by atoms with Gasteiger partial charge in [-0.3, -0.25) is 0 Å². The first-order chi connectivity index (χ1) is 12.2. The summed E-state index contributed by atoms with van der Waals surface area (Å²) in [4.78, 5) is 14.0. The van der Waals surface area contributed by atoms with Gasteiger partial charge in [0.1, 0.15) is 6.61 Å². The fraction of sp³-hybridized carbons (Fsp3) is 0.632. The second-order valence-corrected chi connectivity index (χ2v) is 6.89. The van der Waals surface area contributed by atoms with E-state index in [1.54, 1.807) is 4.90 Å². The number of aliphatic hydroxyl groups excluding tert-OH is 1. The molecule has 1 aliphatic heterocycles. The minimum Gasteiger partial charge on any atom is -0.445 e. The molecule has 1 amide bonds. The molecule has 1 unspecified atom stereocenters. The van der Waals surface area contributed by atoms with E-state index in [1.807, 2.05) is 30.3 Å². The molecular weight excluding hydrogens is 320 g/mol. The highest BCUT2D eigenvalue weighted by atomic mass is 16.6. The van der Waals surface area contributed by atoms with E-state index in [-0.39, 0.29) is 18.3 Å². The number of rotatable bonds is 5. The van der Waals surface area contributed by atoms with Crippen LogP contribution >= 0.6 is 0 Å². The largest absolute Gasteiger partial charge is 0.445 e. The Balaban J connectivity index is 1.39. The Bertz CT molecular complexity index is 531. The van der Waals surface area contributed by atoms with Crippen molar-refractivity contribution in [2.75, 3.05) is 26.2 Å². The number of benzene rings is 1. The quantitative estimate of drug-likeness (QED) is 0.851. The Morgan fingerprint density at radius 2 is 2.00 bits per heavy atom. The number of hydrogen-bond donors (Lipinski definition) is 2. The third kappa shape index (κ3) is 5.70. The van der Waals surface area contributed by atoms with Gasteiger partial charge in [0.15, 0.2) is 0 Å². The van der Waals surface area contributed by atoms with E-state index in [2.05, 4.69) is 5.32 Å². The lowest BCUT2D eigenvalue weighted by Crippen LogP contribution is -2.50. The second-order valence-electron chi connectivity index (χ2n) is 6.89. The first kappa shape index (κ1) is 18.2. The molecule has 2 fully saturated rings. The summed E-state index contributed by atoms with van der Waals surface area (Å²) >= 11 is 0. The number of ether oxygens (including phenoxy) is 2. The Morgan fingerprint density at radius 1 is 1.24 bits per heavy atom. The van der Waals surface area contributed by atoms with Gasteiger partial charge in [-0.15, -0.1) is 0 Å². The molecule has 25 heavy (non-hydrogen) atoms. The van der Waals surface area contributed by atoms with Crippen LogP contribution in [0.4, 0.5) is 4.79 Å². The van der Waals surface area contributed by atoms with Crippen molar-refractivity contribution >= 4 is 6.09 Å². The third-order valence-corrected chi connectivity index (χ3v) is 4.93. The lowest BCUT2D eigenvalue weighted by Gasteiger charge is -2.34. The van der Waals surface area contributed by atoms with Gasteiger partial charge in [0, 0.05) is 19.1 Å². The normalized spacial score (nSPS) is 27.1. The fourth-order valence-electron chi connectivity index (χ4n) is 3.40. The molecule has 1 heterocycles. The molecule has 1 saturated heterocycles. The Labute approximate surface area is 149 Å². The Morgan fingerprint density at radius 3 is 2.76 bits per heavy atom. The van der Waals surface area contributed by atoms with Gasteiger partial charge in [-0.05, 0) is 31.2 Å². The summed E-state index contributed by atoms with van der Waals surface area (Å²) in [6.45, 7) is 2.68. The second kappa shape index (κ2) is 9.17. The predicted molar refractivity (Wildman–Crippen MR) is 94.2 cm³/mol. The van der Waals surface area contributed by atoms with Gasteiger partial charge in [-0.2, -0.15) is 0 Å². The van der Waals surface area contributed by atoms with Crippen molar-refractivity contribution in [3.63, 3.8) is 0 Å². The Hall–Kier alpha value is -1.63. The van der Waals surface area contributed by atoms with Crippen LogP contribution in [0.5, 0.6) is 0 Å². The number of morpholine rings is 1. The maximum absolute atomic E-state index is 12.3. The first-order valence-electron chi connectivity index (χ1n) is 9.19. The topological polar surface area (TPSA) is 71.0 Å². The molecule has 2 aliphatic rings. The van der Waals surface area contributed by atoms with Crippen LogP contribution in [0.15, 0.2) is 30.3 Å². The average molecular weight is 348 g/mol. The van der Waals surface area contributed by atoms with Gasteiger partial charge in [0.05, 0.1) is 25.4 Å². The minimum absolute atomic E-state index is 0.00937. The third-order valence-electron chi connectivity index (χ3n) is 4.93. The highest BCUT2D eigenvalue weighted by Crippen LogP contribution is 2.18. The highest BCUT2D eigenvalue weighted by molar-refractivity contribution is 5.67. The molecular formula is C19H28N2O4. The van der Waals surface area contributed by atoms with Gasteiger partial charge < -0.3 is 24.8 Å². The van der Waals surface area contributed by atoms with E-state index in [0.29, 0.717) is 32.3 Å². The lowest BCUT2D eigenvalue weighted by molar-refractivity contribution is -0.0288. The van der Waals surface area contributed by atoms with Crippen LogP contribution in [0.2, 0.25) is 0 Å². The molecule has 0 radical (unpaired) electrons. The summed E-state index contributed by atoms with van der Waals surface area (Å²) < 4.78 is 11.2. The molecule has 138 valence electrons. The van der Waals surface area contributed by atoms with Crippen LogP contribution < -0.4 is 5.32 Å². The highest BCUT2D eigenvalue weighted by Gasteiger charge is 2.26. The van der Waals surface area contributed by atoms with Crippen molar-refractivity contribution in [3.8, 4) is 0 Å². The zero-order valence-corrected chi connectivity index (χ0v) is 14.6. The van der Waals surface area contributed by atoms with Crippen molar-refractivity contribution in [3.05, 3.63) is 35.9 Å². The summed E-state index contributed by atoms with van der Waals surface area (Å²) in [5.74, 6) is 0. The van der Waals surface area contributed by atoms with Gasteiger partial charge in [-0.1, -0.05) is 30.3 Å².